The fourth-order valence-corrected chi connectivity index (χ4v) is 5.14. The van der Waals surface area contributed by atoms with Crippen molar-refractivity contribution in [1.29, 1.82) is 0 Å². The highest BCUT2D eigenvalue weighted by molar-refractivity contribution is 7.99. The summed E-state index contributed by atoms with van der Waals surface area (Å²) in [7, 11) is 0. The molecule has 5 aromatic rings. The third-order valence-corrected chi connectivity index (χ3v) is 6.78. The molecule has 34 heavy (non-hydrogen) atoms. The van der Waals surface area contributed by atoms with Crippen molar-refractivity contribution in [2.45, 2.75) is 19.0 Å². The highest BCUT2D eigenvalue weighted by Crippen LogP contribution is 2.25. The Hall–Kier alpha value is -3.90. The number of hydrogen-bond acceptors (Lipinski definition) is 4. The van der Waals surface area contributed by atoms with Crippen LogP contribution in [0.5, 0.6) is 0 Å². The maximum atomic E-state index is 13.3. The van der Waals surface area contributed by atoms with E-state index in [0.717, 1.165) is 22.8 Å². The fraction of sp³-hybridized carbons (Fsp3) is 0.107. The SMILES string of the molecule is Cc1cc(C(=O)CSc2nc3ccccc3c(=O)n2-c2ccccc2)c(C)n1-c1ccccc1. The van der Waals surface area contributed by atoms with Crippen molar-refractivity contribution in [3.63, 3.8) is 0 Å². The first kappa shape index (κ1) is 21.9. The van der Waals surface area contributed by atoms with Crippen LogP contribution in [-0.2, 0) is 0 Å². The highest BCUT2D eigenvalue weighted by Gasteiger charge is 2.19. The van der Waals surface area contributed by atoms with Gasteiger partial charge in [0, 0.05) is 22.6 Å². The van der Waals surface area contributed by atoms with Crippen LogP contribution in [-0.4, -0.2) is 25.7 Å². The molecule has 5 rings (SSSR count). The van der Waals surface area contributed by atoms with Crippen molar-refractivity contribution < 1.29 is 4.79 Å². The maximum Gasteiger partial charge on any atom is 0.266 e. The number of fused-ring (bicyclic) bond motifs is 1. The zero-order chi connectivity index (χ0) is 23.7. The summed E-state index contributed by atoms with van der Waals surface area (Å²) in [5.74, 6) is 0.179. The summed E-state index contributed by atoms with van der Waals surface area (Å²) in [5.41, 5.74) is 4.82. The van der Waals surface area contributed by atoms with Gasteiger partial charge in [-0.2, -0.15) is 0 Å². The lowest BCUT2D eigenvalue weighted by molar-refractivity contribution is 0.102. The van der Waals surface area contributed by atoms with Gasteiger partial charge < -0.3 is 4.57 Å². The smallest absolute Gasteiger partial charge is 0.266 e. The van der Waals surface area contributed by atoms with E-state index in [9.17, 15) is 9.59 Å². The zero-order valence-corrected chi connectivity index (χ0v) is 19.8. The van der Waals surface area contributed by atoms with Crippen LogP contribution in [0.25, 0.3) is 22.3 Å². The number of aromatic nitrogens is 3. The van der Waals surface area contributed by atoms with Gasteiger partial charge in [-0.25, -0.2) is 4.98 Å². The van der Waals surface area contributed by atoms with Crippen molar-refractivity contribution in [1.82, 2.24) is 14.1 Å². The predicted molar refractivity (Wildman–Crippen MR) is 138 cm³/mol. The summed E-state index contributed by atoms with van der Waals surface area (Å²) in [6, 6.07) is 28.7. The molecule has 0 aliphatic rings. The number of rotatable bonds is 6. The molecular formula is C28H23N3O2S. The van der Waals surface area contributed by atoms with Gasteiger partial charge in [0.2, 0.25) is 0 Å². The fourth-order valence-electron chi connectivity index (χ4n) is 4.24. The summed E-state index contributed by atoms with van der Waals surface area (Å²) in [4.78, 5) is 31.4. The van der Waals surface area contributed by atoms with Crippen LogP contribution in [0.3, 0.4) is 0 Å². The summed E-state index contributed by atoms with van der Waals surface area (Å²) in [5, 5.41) is 1.05. The first-order chi connectivity index (χ1) is 16.5. The van der Waals surface area contributed by atoms with E-state index in [1.165, 1.54) is 11.8 Å². The molecular weight excluding hydrogens is 442 g/mol. The van der Waals surface area contributed by atoms with Gasteiger partial charge in [-0.1, -0.05) is 60.3 Å². The minimum atomic E-state index is -0.144. The largest absolute Gasteiger partial charge is 0.318 e. The lowest BCUT2D eigenvalue weighted by Crippen LogP contribution is -2.22. The Labute approximate surface area is 201 Å². The van der Waals surface area contributed by atoms with Gasteiger partial charge in [-0.3, -0.25) is 14.2 Å². The van der Waals surface area contributed by atoms with E-state index in [0.29, 0.717) is 21.6 Å². The van der Waals surface area contributed by atoms with Crippen molar-refractivity contribution >= 4 is 28.4 Å². The van der Waals surface area contributed by atoms with E-state index in [4.69, 9.17) is 4.98 Å². The van der Waals surface area contributed by atoms with E-state index in [1.807, 2.05) is 98.8 Å². The number of nitrogens with zero attached hydrogens (tertiary/aromatic N) is 3. The van der Waals surface area contributed by atoms with Crippen LogP contribution in [0.2, 0.25) is 0 Å². The van der Waals surface area contributed by atoms with Crippen molar-refractivity contribution in [3.8, 4) is 11.4 Å². The van der Waals surface area contributed by atoms with E-state index in [-0.39, 0.29) is 17.1 Å². The monoisotopic (exact) mass is 465 g/mol. The molecule has 3 aromatic carbocycles. The van der Waals surface area contributed by atoms with Crippen molar-refractivity contribution in [2.24, 2.45) is 0 Å². The molecule has 0 aliphatic heterocycles. The Morgan fingerprint density at radius 3 is 2.09 bits per heavy atom. The van der Waals surface area contributed by atoms with Gasteiger partial charge in [0.15, 0.2) is 10.9 Å². The predicted octanol–water partition coefficient (Wildman–Crippen LogP) is 5.77. The van der Waals surface area contributed by atoms with Crippen molar-refractivity contribution in [3.05, 3.63) is 118 Å². The normalized spacial score (nSPS) is 11.1. The molecule has 0 saturated heterocycles. The minimum Gasteiger partial charge on any atom is -0.318 e. The number of aryl methyl sites for hydroxylation is 1. The van der Waals surface area contributed by atoms with Gasteiger partial charge in [-0.15, -0.1) is 0 Å². The summed E-state index contributed by atoms with van der Waals surface area (Å²) in [6.07, 6.45) is 0. The first-order valence-electron chi connectivity index (χ1n) is 11.0. The Kier molecular flexibility index (Phi) is 5.90. The van der Waals surface area contributed by atoms with Crippen LogP contribution in [0.15, 0.2) is 101 Å². The van der Waals surface area contributed by atoms with Gasteiger partial charge >= 0.3 is 0 Å². The number of para-hydroxylation sites is 3. The second-order valence-electron chi connectivity index (χ2n) is 8.06. The molecule has 0 fully saturated rings. The number of carbonyl (C=O) groups is 1. The molecule has 5 nitrogen and oxygen atoms in total. The molecule has 0 atom stereocenters. The summed E-state index contributed by atoms with van der Waals surface area (Å²) in [6.45, 7) is 3.97. The van der Waals surface area contributed by atoms with E-state index in [1.54, 1.807) is 10.6 Å². The van der Waals surface area contributed by atoms with E-state index in [2.05, 4.69) is 4.57 Å². The van der Waals surface area contributed by atoms with E-state index >= 15 is 0 Å². The van der Waals surface area contributed by atoms with Crippen LogP contribution >= 0.6 is 11.8 Å². The number of Topliss-reactive ketones (excluding diaryl/α,β-unsaturated/α-hetero) is 1. The average molecular weight is 466 g/mol. The van der Waals surface area contributed by atoms with Crippen LogP contribution in [0.4, 0.5) is 0 Å². The average Bonchev–Trinajstić information content (AvgIpc) is 3.17. The number of hydrogen-bond donors (Lipinski definition) is 0. The molecule has 0 unspecified atom stereocenters. The minimum absolute atomic E-state index is 0.00213. The number of carbonyl (C=O) groups excluding carboxylic acids is 1. The highest BCUT2D eigenvalue weighted by atomic mass is 32.2. The lowest BCUT2D eigenvalue weighted by Gasteiger charge is -2.13. The molecule has 0 bridgehead atoms. The van der Waals surface area contributed by atoms with Gasteiger partial charge in [0.1, 0.15) is 0 Å². The van der Waals surface area contributed by atoms with Crippen LogP contribution < -0.4 is 5.56 Å². The second kappa shape index (κ2) is 9.15. The Morgan fingerprint density at radius 1 is 0.824 bits per heavy atom. The van der Waals surface area contributed by atoms with Crippen LogP contribution in [0, 0.1) is 13.8 Å². The van der Waals surface area contributed by atoms with Gasteiger partial charge in [-0.05, 0) is 56.3 Å². The third kappa shape index (κ3) is 3.97. The molecule has 0 radical (unpaired) electrons. The molecule has 168 valence electrons. The zero-order valence-electron chi connectivity index (χ0n) is 18.9. The molecule has 0 aliphatic carbocycles. The van der Waals surface area contributed by atoms with Gasteiger partial charge in [0.05, 0.1) is 22.3 Å². The number of benzene rings is 3. The Bertz CT molecular complexity index is 1550. The Morgan fingerprint density at radius 2 is 1.41 bits per heavy atom. The quantitative estimate of drug-likeness (QED) is 0.182. The van der Waals surface area contributed by atoms with Crippen molar-refractivity contribution in [2.75, 3.05) is 5.75 Å². The second-order valence-corrected chi connectivity index (χ2v) is 9.00. The van der Waals surface area contributed by atoms with Gasteiger partial charge in [0.25, 0.3) is 5.56 Å². The molecule has 0 saturated carbocycles. The standard InChI is InChI=1S/C28H23N3O2S/c1-19-17-24(20(2)30(19)21-11-5-3-6-12-21)26(32)18-34-28-29-25-16-10-9-15-23(25)27(33)31(28)22-13-7-4-8-14-22/h3-17H,18H2,1-2H3. The Balaban J connectivity index is 1.51. The molecule has 2 aromatic heterocycles. The van der Waals surface area contributed by atoms with Crippen LogP contribution in [0.1, 0.15) is 21.7 Å². The molecule has 0 spiro atoms. The number of ketones is 1. The third-order valence-electron chi connectivity index (χ3n) is 5.84. The molecule has 0 amide bonds. The topological polar surface area (TPSA) is 56.9 Å². The molecule has 2 heterocycles. The summed E-state index contributed by atoms with van der Waals surface area (Å²) < 4.78 is 3.68. The molecule has 6 heteroatoms. The maximum absolute atomic E-state index is 13.3. The van der Waals surface area contributed by atoms with E-state index < -0.39 is 0 Å². The lowest BCUT2D eigenvalue weighted by atomic mass is 10.2. The number of thioether (sulfide) groups is 1. The summed E-state index contributed by atoms with van der Waals surface area (Å²) >= 11 is 1.29. The first-order valence-corrected chi connectivity index (χ1v) is 12.0. The molecule has 0 N–H and O–H groups in total.